The van der Waals surface area contributed by atoms with E-state index in [1.165, 1.54) is 0 Å². The Hall–Kier alpha value is -1.89. The zero-order valence-corrected chi connectivity index (χ0v) is 8.59. The van der Waals surface area contributed by atoms with Crippen LogP contribution in [-0.4, -0.2) is 5.91 Å². The minimum absolute atomic E-state index is 0.0553. The average Bonchev–Trinajstić information content (AvgIpc) is 2.21. The average molecular weight is 223 g/mol. The molecule has 84 valence electrons. The molecule has 0 unspecified atom stereocenters. The number of benzene rings is 1. The number of nitrogens with two attached hydrogens (primary N) is 1. The second-order valence-corrected chi connectivity index (χ2v) is 3.34. The Morgan fingerprint density at radius 2 is 1.94 bits per heavy atom. The molecule has 0 heterocycles. The summed E-state index contributed by atoms with van der Waals surface area (Å²) in [5.41, 5.74) is 4.70. The Morgan fingerprint density at radius 1 is 1.38 bits per heavy atom. The number of primary amides is 1. The topological polar surface area (TPSA) is 43.1 Å². The Balaban J connectivity index is 2.95. The number of hydrogen-bond donors (Lipinski definition) is 1. The highest BCUT2D eigenvalue weighted by Gasteiger charge is 2.12. The van der Waals surface area contributed by atoms with E-state index in [9.17, 15) is 13.6 Å². The molecule has 4 heteroatoms. The Labute approximate surface area is 92.5 Å². The molecule has 0 fully saturated rings. The maximum atomic E-state index is 13.4. The first-order valence-corrected chi connectivity index (χ1v) is 4.77. The van der Waals surface area contributed by atoms with Gasteiger partial charge >= 0.3 is 0 Å². The fraction of sp³-hybridized carbons (Fsp3) is 0.250. The number of hydrogen-bond acceptors (Lipinski definition) is 1. The minimum atomic E-state index is -0.854. The highest BCUT2D eigenvalue weighted by Crippen LogP contribution is 2.17. The molecule has 1 aromatic carbocycles. The molecule has 0 aliphatic heterocycles. The van der Waals surface area contributed by atoms with Crippen LogP contribution in [-0.2, 0) is 6.42 Å². The quantitative estimate of drug-likeness (QED) is 0.616. The van der Waals surface area contributed by atoms with E-state index >= 15 is 0 Å². The van der Waals surface area contributed by atoms with Gasteiger partial charge in [0.05, 0.1) is 0 Å². The first-order valence-electron chi connectivity index (χ1n) is 4.77. The van der Waals surface area contributed by atoms with Crippen LogP contribution in [0.15, 0.2) is 12.1 Å². The van der Waals surface area contributed by atoms with Crippen LogP contribution in [0, 0.1) is 24.0 Å². The lowest BCUT2D eigenvalue weighted by atomic mass is 10.0. The lowest BCUT2D eigenvalue weighted by Gasteiger charge is -2.05. The largest absolute Gasteiger partial charge is 0.366 e. The van der Waals surface area contributed by atoms with Gasteiger partial charge in [0.15, 0.2) is 0 Å². The maximum absolute atomic E-state index is 13.4. The fourth-order valence-corrected chi connectivity index (χ4v) is 1.35. The van der Waals surface area contributed by atoms with Gasteiger partial charge in [-0.1, -0.05) is 0 Å². The molecule has 1 amide bonds. The first kappa shape index (κ1) is 12.2. The third-order valence-electron chi connectivity index (χ3n) is 2.17. The predicted octanol–water partition coefficient (Wildman–Crippen LogP) is 2.02. The lowest BCUT2D eigenvalue weighted by molar-refractivity contribution is 0.0999. The molecule has 2 nitrogen and oxygen atoms in total. The summed E-state index contributed by atoms with van der Waals surface area (Å²) in [6.45, 7) is 0. The first-order chi connectivity index (χ1) is 7.56. The number of amides is 1. The predicted molar refractivity (Wildman–Crippen MR) is 56.6 cm³/mol. The van der Waals surface area contributed by atoms with Crippen LogP contribution in [0.25, 0.3) is 0 Å². The van der Waals surface area contributed by atoms with Crippen molar-refractivity contribution >= 4 is 5.91 Å². The van der Waals surface area contributed by atoms with Crippen molar-refractivity contribution in [1.82, 2.24) is 0 Å². The smallest absolute Gasteiger partial charge is 0.248 e. The van der Waals surface area contributed by atoms with Crippen LogP contribution in [0.4, 0.5) is 8.78 Å². The van der Waals surface area contributed by atoms with Gasteiger partial charge in [-0.2, -0.15) is 0 Å². The van der Waals surface area contributed by atoms with Crippen molar-refractivity contribution in [3.05, 3.63) is 34.9 Å². The van der Waals surface area contributed by atoms with E-state index in [4.69, 9.17) is 12.2 Å². The molecular formula is C12H11F2NO. The summed E-state index contributed by atoms with van der Waals surface area (Å²) in [4.78, 5) is 10.7. The summed E-state index contributed by atoms with van der Waals surface area (Å²) < 4.78 is 26.8. The summed E-state index contributed by atoms with van der Waals surface area (Å²) >= 11 is 0. The summed E-state index contributed by atoms with van der Waals surface area (Å²) in [6, 6.07) is 1.88. The van der Waals surface area contributed by atoms with Gasteiger partial charge in [-0.25, -0.2) is 8.78 Å². The molecule has 0 spiro atoms. The van der Waals surface area contributed by atoms with E-state index < -0.39 is 17.5 Å². The van der Waals surface area contributed by atoms with Crippen molar-refractivity contribution in [3.8, 4) is 12.3 Å². The molecule has 1 aromatic rings. The standard InChI is InChI=1S/C12H11F2NO/c1-2-3-4-5-9-10(13)6-8(12(15)16)7-11(9)14/h1,6-7H,3-5H2,(H2,15,16). The molecule has 0 atom stereocenters. The van der Waals surface area contributed by atoms with E-state index in [-0.39, 0.29) is 17.5 Å². The van der Waals surface area contributed by atoms with Crippen LogP contribution in [0.1, 0.15) is 28.8 Å². The van der Waals surface area contributed by atoms with Gasteiger partial charge in [-0.15, -0.1) is 12.3 Å². The summed E-state index contributed by atoms with van der Waals surface area (Å²) in [6.07, 6.45) is 6.20. The normalized spacial score (nSPS) is 9.81. The molecule has 0 radical (unpaired) electrons. The number of halogens is 2. The minimum Gasteiger partial charge on any atom is -0.366 e. The van der Waals surface area contributed by atoms with Gasteiger partial charge in [-0.3, -0.25) is 4.79 Å². The molecule has 2 N–H and O–H groups in total. The number of terminal acetylenes is 1. The molecule has 0 saturated heterocycles. The molecule has 0 aliphatic rings. The van der Waals surface area contributed by atoms with E-state index in [1.54, 1.807) is 0 Å². The number of carbonyl (C=O) groups excluding carboxylic acids is 1. The van der Waals surface area contributed by atoms with E-state index in [1.807, 2.05) is 0 Å². The second-order valence-electron chi connectivity index (χ2n) is 3.34. The van der Waals surface area contributed by atoms with Gasteiger partial charge in [0.2, 0.25) is 5.91 Å². The van der Waals surface area contributed by atoms with Crippen LogP contribution < -0.4 is 5.73 Å². The van der Waals surface area contributed by atoms with Gasteiger partial charge in [-0.05, 0) is 25.0 Å². The molecule has 0 aromatic heterocycles. The van der Waals surface area contributed by atoms with Gasteiger partial charge in [0.25, 0.3) is 0 Å². The second kappa shape index (κ2) is 5.26. The molecule has 0 saturated carbocycles. The third kappa shape index (κ3) is 2.80. The SMILES string of the molecule is C#CCCCc1c(F)cc(C(N)=O)cc1F. The summed E-state index contributed by atoms with van der Waals surface area (Å²) in [5, 5.41) is 0. The highest BCUT2D eigenvalue weighted by atomic mass is 19.1. The van der Waals surface area contributed by atoms with E-state index in [2.05, 4.69) is 5.92 Å². The molecule has 0 bridgehead atoms. The molecule has 1 rings (SSSR count). The van der Waals surface area contributed by atoms with Crippen molar-refractivity contribution < 1.29 is 13.6 Å². The van der Waals surface area contributed by atoms with Crippen LogP contribution >= 0.6 is 0 Å². The highest BCUT2D eigenvalue weighted by molar-refractivity contribution is 5.92. The van der Waals surface area contributed by atoms with Crippen LogP contribution in [0.2, 0.25) is 0 Å². The van der Waals surface area contributed by atoms with Gasteiger partial charge in [0, 0.05) is 17.5 Å². The zero-order chi connectivity index (χ0) is 12.1. The summed E-state index contributed by atoms with van der Waals surface area (Å²) in [7, 11) is 0. The third-order valence-corrected chi connectivity index (χ3v) is 2.17. The fourth-order valence-electron chi connectivity index (χ4n) is 1.35. The van der Waals surface area contributed by atoms with Gasteiger partial charge < -0.3 is 5.73 Å². The van der Waals surface area contributed by atoms with Crippen molar-refractivity contribution in [2.45, 2.75) is 19.3 Å². The van der Waals surface area contributed by atoms with E-state index in [0.29, 0.717) is 12.8 Å². The number of rotatable bonds is 4. The Bertz CT molecular complexity index is 426. The lowest BCUT2D eigenvalue weighted by Crippen LogP contribution is -2.12. The Morgan fingerprint density at radius 3 is 2.38 bits per heavy atom. The van der Waals surface area contributed by atoms with Crippen molar-refractivity contribution in [3.63, 3.8) is 0 Å². The van der Waals surface area contributed by atoms with E-state index in [0.717, 1.165) is 12.1 Å². The van der Waals surface area contributed by atoms with Crippen molar-refractivity contribution in [2.75, 3.05) is 0 Å². The maximum Gasteiger partial charge on any atom is 0.248 e. The Kier molecular flexibility index (Phi) is 4.01. The molecule has 0 aliphatic carbocycles. The molecular weight excluding hydrogens is 212 g/mol. The van der Waals surface area contributed by atoms with Crippen molar-refractivity contribution in [1.29, 1.82) is 0 Å². The molecule has 16 heavy (non-hydrogen) atoms. The zero-order valence-electron chi connectivity index (χ0n) is 8.59. The summed E-state index contributed by atoms with van der Waals surface area (Å²) in [5.74, 6) is 0.0167. The van der Waals surface area contributed by atoms with Crippen LogP contribution in [0.5, 0.6) is 0 Å². The number of unbranched alkanes of at least 4 members (excludes halogenated alkanes) is 1. The number of carbonyl (C=O) groups is 1. The van der Waals surface area contributed by atoms with Crippen molar-refractivity contribution in [2.24, 2.45) is 5.73 Å². The van der Waals surface area contributed by atoms with Crippen LogP contribution in [0.3, 0.4) is 0 Å². The van der Waals surface area contributed by atoms with Gasteiger partial charge in [0.1, 0.15) is 11.6 Å². The monoisotopic (exact) mass is 223 g/mol.